The maximum Gasteiger partial charge on any atom is 0.325 e. The van der Waals surface area contributed by atoms with Crippen LogP contribution in [0.2, 0.25) is 0 Å². The predicted octanol–water partition coefficient (Wildman–Crippen LogP) is 2.06. The van der Waals surface area contributed by atoms with E-state index in [1.54, 1.807) is 0 Å². The molecule has 2 aliphatic heterocycles. The molecule has 3 aliphatic rings. The summed E-state index contributed by atoms with van der Waals surface area (Å²) in [5, 5.41) is 5.67. The zero-order valence-electron chi connectivity index (χ0n) is 21.6. The molecule has 36 heavy (non-hydrogen) atoms. The topological polar surface area (TPSA) is 111 Å². The van der Waals surface area contributed by atoms with Gasteiger partial charge in [0, 0.05) is 31.5 Å². The number of nitrogens with one attached hydrogen (secondary N) is 2. The average molecular weight is 500 g/mol. The van der Waals surface area contributed by atoms with Crippen molar-refractivity contribution >= 4 is 35.1 Å². The number of carbonyl (C=O) groups is 4. The van der Waals surface area contributed by atoms with Crippen molar-refractivity contribution in [2.75, 3.05) is 56.7 Å². The van der Waals surface area contributed by atoms with Gasteiger partial charge in [0.2, 0.25) is 11.8 Å². The second-order valence-electron chi connectivity index (χ2n) is 11.2. The standard InChI is InChI=1S/C26H37N5O5/c1-18-13-25(2,3)17-26(14-18)23(34)31(24(35)28-26)16-22(33)29(4)15-21(32)27-19-5-7-20(8-6-19)30-9-11-36-12-10-30/h5-8,18H,9-17H2,1-4H3,(H,27,32)(H,28,35). The van der Waals surface area contributed by atoms with Gasteiger partial charge in [0.05, 0.1) is 19.8 Å². The lowest BCUT2D eigenvalue weighted by Gasteiger charge is -2.43. The molecule has 2 N–H and O–H groups in total. The second-order valence-corrected chi connectivity index (χ2v) is 11.2. The molecule has 1 aromatic rings. The summed E-state index contributed by atoms with van der Waals surface area (Å²) in [5.41, 5.74) is 0.645. The number of morpholine rings is 1. The van der Waals surface area contributed by atoms with Crippen LogP contribution in [0.25, 0.3) is 0 Å². The quantitative estimate of drug-likeness (QED) is 0.580. The van der Waals surface area contributed by atoms with E-state index in [4.69, 9.17) is 4.74 Å². The van der Waals surface area contributed by atoms with E-state index in [2.05, 4.69) is 36.3 Å². The third kappa shape index (κ3) is 5.64. The van der Waals surface area contributed by atoms with E-state index in [1.807, 2.05) is 24.3 Å². The molecule has 196 valence electrons. The fourth-order valence-electron chi connectivity index (χ4n) is 5.99. The van der Waals surface area contributed by atoms with Gasteiger partial charge in [-0.1, -0.05) is 20.8 Å². The van der Waals surface area contributed by atoms with E-state index in [0.717, 1.165) is 30.1 Å². The van der Waals surface area contributed by atoms with Gasteiger partial charge in [-0.2, -0.15) is 0 Å². The Balaban J connectivity index is 1.30. The fourth-order valence-corrected chi connectivity index (χ4v) is 5.99. The summed E-state index contributed by atoms with van der Waals surface area (Å²) in [5.74, 6) is -0.903. The van der Waals surface area contributed by atoms with Crippen LogP contribution in [0.1, 0.15) is 40.0 Å². The Kier molecular flexibility index (Phi) is 7.26. The Hall–Kier alpha value is -3.14. The molecular formula is C26H37N5O5. The minimum atomic E-state index is -0.956. The summed E-state index contributed by atoms with van der Waals surface area (Å²) < 4.78 is 5.37. The average Bonchev–Trinajstić information content (AvgIpc) is 3.01. The second kappa shape index (κ2) is 10.1. The third-order valence-electron chi connectivity index (χ3n) is 7.25. The molecule has 3 fully saturated rings. The summed E-state index contributed by atoms with van der Waals surface area (Å²) in [4.78, 5) is 55.7. The van der Waals surface area contributed by atoms with Gasteiger partial charge >= 0.3 is 6.03 Å². The van der Waals surface area contributed by atoms with Crippen molar-refractivity contribution in [1.29, 1.82) is 0 Å². The Labute approximate surface area is 212 Å². The third-order valence-corrected chi connectivity index (χ3v) is 7.25. The van der Waals surface area contributed by atoms with Crippen LogP contribution in [0.4, 0.5) is 16.2 Å². The van der Waals surface area contributed by atoms with Gasteiger partial charge in [-0.3, -0.25) is 19.3 Å². The van der Waals surface area contributed by atoms with Gasteiger partial charge in [-0.05, 0) is 54.9 Å². The fraction of sp³-hybridized carbons (Fsp3) is 0.615. The van der Waals surface area contributed by atoms with Gasteiger partial charge < -0.3 is 25.2 Å². The van der Waals surface area contributed by atoms with Crippen LogP contribution in [-0.2, 0) is 19.1 Å². The molecule has 2 atom stereocenters. The van der Waals surface area contributed by atoms with E-state index in [-0.39, 0.29) is 36.2 Å². The van der Waals surface area contributed by atoms with E-state index >= 15 is 0 Å². The van der Waals surface area contributed by atoms with Crippen LogP contribution in [-0.4, -0.2) is 85.5 Å². The summed E-state index contributed by atoms with van der Waals surface area (Å²) in [6.07, 6.45) is 2.08. The monoisotopic (exact) mass is 499 g/mol. The first kappa shape index (κ1) is 25.9. The lowest BCUT2D eigenvalue weighted by Crippen LogP contribution is -2.54. The zero-order valence-corrected chi connectivity index (χ0v) is 21.6. The molecule has 0 aromatic heterocycles. The Morgan fingerprint density at radius 2 is 1.81 bits per heavy atom. The molecular weight excluding hydrogens is 462 g/mol. The van der Waals surface area contributed by atoms with Crippen molar-refractivity contribution in [3.8, 4) is 0 Å². The molecule has 1 saturated carbocycles. The van der Waals surface area contributed by atoms with Crippen LogP contribution < -0.4 is 15.5 Å². The van der Waals surface area contributed by atoms with Gasteiger partial charge in [0.25, 0.3) is 5.91 Å². The first-order valence-corrected chi connectivity index (χ1v) is 12.6. The number of likely N-dealkylation sites (N-methyl/N-ethyl adjacent to an activating group) is 1. The normalized spacial score (nSPS) is 25.6. The van der Waals surface area contributed by atoms with Gasteiger partial charge in [0.1, 0.15) is 12.1 Å². The number of hydrogen-bond donors (Lipinski definition) is 2. The van der Waals surface area contributed by atoms with Crippen LogP contribution in [0, 0.1) is 11.3 Å². The summed E-state index contributed by atoms with van der Waals surface area (Å²) >= 11 is 0. The van der Waals surface area contributed by atoms with E-state index < -0.39 is 17.5 Å². The van der Waals surface area contributed by atoms with Gasteiger partial charge in [0.15, 0.2) is 0 Å². The number of anilines is 2. The number of nitrogens with zero attached hydrogens (tertiary/aromatic N) is 3. The number of urea groups is 1. The zero-order chi connectivity index (χ0) is 26.1. The summed E-state index contributed by atoms with van der Waals surface area (Å²) in [6, 6.07) is 6.98. The molecule has 4 rings (SSSR count). The minimum absolute atomic E-state index is 0.0874. The highest BCUT2D eigenvalue weighted by molar-refractivity contribution is 6.09. The molecule has 10 nitrogen and oxygen atoms in total. The minimum Gasteiger partial charge on any atom is -0.378 e. The highest BCUT2D eigenvalue weighted by atomic mass is 16.5. The Morgan fingerprint density at radius 3 is 2.44 bits per heavy atom. The number of rotatable bonds is 6. The first-order chi connectivity index (χ1) is 17.0. The number of ether oxygens (including phenoxy) is 1. The first-order valence-electron chi connectivity index (χ1n) is 12.6. The molecule has 1 aliphatic carbocycles. The molecule has 2 saturated heterocycles. The highest BCUT2D eigenvalue weighted by Crippen LogP contribution is 2.46. The van der Waals surface area contributed by atoms with Gasteiger partial charge in [-0.25, -0.2) is 4.79 Å². The van der Waals surface area contributed by atoms with E-state index in [1.165, 1.54) is 11.9 Å². The molecule has 10 heteroatoms. The van der Waals surface area contributed by atoms with Crippen molar-refractivity contribution in [2.24, 2.45) is 11.3 Å². The number of imide groups is 1. The lowest BCUT2D eigenvalue weighted by atomic mass is 9.64. The van der Waals surface area contributed by atoms with Crippen molar-refractivity contribution in [2.45, 2.75) is 45.6 Å². The SMILES string of the molecule is CC1CC(C)(C)CC2(C1)NC(=O)N(CC(=O)N(C)CC(=O)Nc1ccc(N3CCOCC3)cc1)C2=O. The van der Waals surface area contributed by atoms with Crippen molar-refractivity contribution in [1.82, 2.24) is 15.1 Å². The molecule has 2 heterocycles. The van der Waals surface area contributed by atoms with Crippen LogP contribution in [0.15, 0.2) is 24.3 Å². The summed E-state index contributed by atoms with van der Waals surface area (Å²) in [7, 11) is 1.49. The molecule has 0 bridgehead atoms. The number of benzene rings is 1. The molecule has 2 unspecified atom stereocenters. The predicted molar refractivity (Wildman–Crippen MR) is 136 cm³/mol. The lowest BCUT2D eigenvalue weighted by molar-refractivity contribution is -0.140. The van der Waals surface area contributed by atoms with Crippen molar-refractivity contribution < 1.29 is 23.9 Å². The van der Waals surface area contributed by atoms with Gasteiger partial charge in [-0.15, -0.1) is 0 Å². The van der Waals surface area contributed by atoms with Crippen LogP contribution >= 0.6 is 0 Å². The number of amides is 5. The van der Waals surface area contributed by atoms with Crippen molar-refractivity contribution in [3.05, 3.63) is 24.3 Å². The van der Waals surface area contributed by atoms with E-state index in [0.29, 0.717) is 31.7 Å². The molecule has 0 radical (unpaired) electrons. The van der Waals surface area contributed by atoms with E-state index in [9.17, 15) is 19.2 Å². The number of carbonyl (C=O) groups excluding carboxylic acids is 4. The molecule has 1 aromatic carbocycles. The number of hydrogen-bond acceptors (Lipinski definition) is 6. The Morgan fingerprint density at radius 1 is 1.14 bits per heavy atom. The highest BCUT2D eigenvalue weighted by Gasteiger charge is 2.56. The maximum absolute atomic E-state index is 13.3. The molecule has 1 spiro atoms. The van der Waals surface area contributed by atoms with Crippen LogP contribution in [0.3, 0.4) is 0 Å². The Bertz CT molecular complexity index is 1020. The summed E-state index contributed by atoms with van der Waals surface area (Å²) in [6.45, 7) is 8.74. The smallest absolute Gasteiger partial charge is 0.325 e. The largest absolute Gasteiger partial charge is 0.378 e. The molecule has 5 amide bonds. The van der Waals surface area contributed by atoms with Crippen LogP contribution in [0.5, 0.6) is 0 Å². The maximum atomic E-state index is 13.3. The van der Waals surface area contributed by atoms with Crippen molar-refractivity contribution in [3.63, 3.8) is 0 Å².